The number of rotatable bonds is 7. The van der Waals surface area contributed by atoms with E-state index in [0.717, 1.165) is 35.1 Å². The van der Waals surface area contributed by atoms with Gasteiger partial charge >= 0.3 is 0 Å². The largest absolute Gasteiger partial charge is 0.497 e. The molecule has 0 saturated heterocycles. The number of methoxy groups -OCH3 is 1. The van der Waals surface area contributed by atoms with E-state index in [1.807, 2.05) is 35.9 Å². The number of carbonyl (C=O) groups excluding carboxylic acids is 1. The second-order valence-corrected chi connectivity index (χ2v) is 7.97. The third kappa shape index (κ3) is 5.73. The lowest BCUT2D eigenvalue weighted by Crippen LogP contribution is -2.35. The number of aromatic nitrogens is 3. The number of benzene rings is 1. The van der Waals surface area contributed by atoms with E-state index < -0.39 is 0 Å². The highest BCUT2D eigenvalue weighted by Crippen LogP contribution is 2.20. The van der Waals surface area contributed by atoms with Crippen LogP contribution in [0.5, 0.6) is 5.75 Å². The quantitative estimate of drug-likeness (QED) is 0.582. The van der Waals surface area contributed by atoms with Gasteiger partial charge in [-0.2, -0.15) is 0 Å². The van der Waals surface area contributed by atoms with Crippen molar-refractivity contribution < 1.29 is 9.53 Å². The van der Waals surface area contributed by atoms with Crippen LogP contribution in [0, 0.1) is 0 Å². The summed E-state index contributed by atoms with van der Waals surface area (Å²) in [7, 11) is 3.61. The molecule has 146 valence electrons. The van der Waals surface area contributed by atoms with Crippen molar-refractivity contribution >= 4 is 17.7 Å². The van der Waals surface area contributed by atoms with Gasteiger partial charge in [0.2, 0.25) is 5.91 Å². The molecule has 27 heavy (non-hydrogen) atoms. The molecular formula is C20H28N4O2S. The molecule has 1 N–H and O–H groups in total. The molecule has 1 amide bonds. The fraction of sp³-hybridized carbons (Fsp3) is 0.550. The minimum Gasteiger partial charge on any atom is -0.497 e. The van der Waals surface area contributed by atoms with Crippen LogP contribution in [0.25, 0.3) is 0 Å². The molecule has 3 rings (SSSR count). The first kappa shape index (κ1) is 19.7. The molecule has 2 aromatic rings. The highest BCUT2D eigenvalue weighted by molar-refractivity contribution is 7.99. The first-order valence-corrected chi connectivity index (χ1v) is 10.6. The standard InChI is InChI=1S/C20H28N4O2S/c1-24-18(13-15-9-11-17(26-2)12-10-15)22-23-20(24)27-14-19(25)21-16-7-5-3-4-6-8-16/h9-12,16H,3-8,13-14H2,1-2H3,(H,21,25). The molecule has 0 atom stereocenters. The molecule has 7 heteroatoms. The first-order chi connectivity index (χ1) is 13.2. The Morgan fingerprint density at radius 2 is 1.89 bits per heavy atom. The molecule has 1 aliphatic rings. The van der Waals surface area contributed by atoms with E-state index in [4.69, 9.17) is 4.74 Å². The molecule has 1 fully saturated rings. The normalized spacial score (nSPS) is 15.3. The van der Waals surface area contributed by atoms with Crippen LogP contribution in [0.1, 0.15) is 49.9 Å². The molecule has 1 saturated carbocycles. The topological polar surface area (TPSA) is 69.0 Å². The smallest absolute Gasteiger partial charge is 0.230 e. The first-order valence-electron chi connectivity index (χ1n) is 9.59. The Morgan fingerprint density at radius 3 is 2.56 bits per heavy atom. The number of thioether (sulfide) groups is 1. The summed E-state index contributed by atoms with van der Waals surface area (Å²) in [6.07, 6.45) is 7.92. The molecule has 1 aromatic heterocycles. The number of carbonyl (C=O) groups is 1. The summed E-state index contributed by atoms with van der Waals surface area (Å²) in [5, 5.41) is 12.5. The Balaban J connectivity index is 1.51. The van der Waals surface area contributed by atoms with Gasteiger partial charge in [-0.25, -0.2) is 0 Å². The van der Waals surface area contributed by atoms with E-state index in [1.54, 1.807) is 7.11 Å². The van der Waals surface area contributed by atoms with Crippen LogP contribution in [-0.4, -0.2) is 39.6 Å². The fourth-order valence-electron chi connectivity index (χ4n) is 3.37. The maximum absolute atomic E-state index is 12.3. The SMILES string of the molecule is COc1ccc(Cc2nnc(SCC(=O)NC3CCCCCC3)n2C)cc1. The number of ether oxygens (including phenoxy) is 1. The molecular weight excluding hydrogens is 360 g/mol. The van der Waals surface area contributed by atoms with E-state index >= 15 is 0 Å². The van der Waals surface area contributed by atoms with E-state index in [9.17, 15) is 4.79 Å². The van der Waals surface area contributed by atoms with Crippen LogP contribution in [0.3, 0.4) is 0 Å². The van der Waals surface area contributed by atoms with Crippen molar-refractivity contribution in [2.45, 2.75) is 56.1 Å². The minimum absolute atomic E-state index is 0.0894. The maximum atomic E-state index is 12.3. The summed E-state index contributed by atoms with van der Waals surface area (Å²) in [4.78, 5) is 12.3. The van der Waals surface area contributed by atoms with E-state index in [2.05, 4.69) is 15.5 Å². The zero-order chi connectivity index (χ0) is 19.1. The van der Waals surface area contributed by atoms with Crippen LogP contribution in [-0.2, 0) is 18.3 Å². The highest BCUT2D eigenvalue weighted by Gasteiger charge is 2.16. The molecule has 1 aromatic carbocycles. The summed E-state index contributed by atoms with van der Waals surface area (Å²) in [6, 6.07) is 8.28. The molecule has 0 unspecified atom stereocenters. The van der Waals surface area contributed by atoms with Gasteiger partial charge in [0.05, 0.1) is 12.9 Å². The van der Waals surface area contributed by atoms with Crippen molar-refractivity contribution in [2.75, 3.05) is 12.9 Å². The lowest BCUT2D eigenvalue weighted by molar-refractivity contribution is -0.119. The lowest BCUT2D eigenvalue weighted by atomic mass is 10.1. The third-order valence-corrected chi connectivity index (χ3v) is 6.02. The van der Waals surface area contributed by atoms with Crippen molar-refractivity contribution in [1.82, 2.24) is 20.1 Å². The van der Waals surface area contributed by atoms with E-state index in [1.165, 1.54) is 37.4 Å². The van der Waals surface area contributed by atoms with Crippen molar-refractivity contribution in [1.29, 1.82) is 0 Å². The van der Waals surface area contributed by atoms with E-state index in [0.29, 0.717) is 18.2 Å². The summed E-state index contributed by atoms with van der Waals surface area (Å²) in [6.45, 7) is 0. The molecule has 0 bridgehead atoms. The summed E-state index contributed by atoms with van der Waals surface area (Å²) in [5.41, 5.74) is 1.15. The van der Waals surface area contributed by atoms with Gasteiger partial charge in [-0.05, 0) is 30.5 Å². The van der Waals surface area contributed by atoms with Gasteiger partial charge in [0.15, 0.2) is 5.16 Å². The van der Waals surface area contributed by atoms with Gasteiger partial charge in [0.25, 0.3) is 0 Å². The van der Waals surface area contributed by atoms with Crippen molar-refractivity contribution in [3.63, 3.8) is 0 Å². The summed E-state index contributed by atoms with van der Waals surface area (Å²) >= 11 is 1.44. The van der Waals surface area contributed by atoms with Crippen LogP contribution >= 0.6 is 11.8 Å². The second kappa shape index (κ2) is 9.78. The van der Waals surface area contributed by atoms with Crippen LogP contribution < -0.4 is 10.1 Å². The summed E-state index contributed by atoms with van der Waals surface area (Å²) in [5.74, 6) is 2.19. The van der Waals surface area contributed by atoms with Crippen molar-refractivity contribution in [2.24, 2.45) is 7.05 Å². The third-order valence-electron chi connectivity index (χ3n) is 5.00. The monoisotopic (exact) mass is 388 g/mol. The molecule has 1 heterocycles. The van der Waals surface area contributed by atoms with Crippen LogP contribution in [0.15, 0.2) is 29.4 Å². The number of amides is 1. The van der Waals surface area contributed by atoms with Gasteiger partial charge in [-0.3, -0.25) is 4.79 Å². The molecule has 0 aliphatic heterocycles. The fourth-order valence-corrected chi connectivity index (χ4v) is 4.11. The number of nitrogens with one attached hydrogen (secondary N) is 1. The lowest BCUT2D eigenvalue weighted by Gasteiger charge is -2.15. The highest BCUT2D eigenvalue weighted by atomic mass is 32.2. The van der Waals surface area contributed by atoms with Gasteiger partial charge in [0, 0.05) is 19.5 Å². The van der Waals surface area contributed by atoms with Crippen LogP contribution in [0.4, 0.5) is 0 Å². The number of hydrogen-bond donors (Lipinski definition) is 1. The molecule has 0 radical (unpaired) electrons. The predicted molar refractivity (Wildman–Crippen MR) is 107 cm³/mol. The van der Waals surface area contributed by atoms with Gasteiger partial charge in [-0.15, -0.1) is 10.2 Å². The molecule has 0 spiro atoms. The van der Waals surface area contributed by atoms with E-state index in [-0.39, 0.29) is 5.91 Å². The minimum atomic E-state index is 0.0894. The predicted octanol–water partition coefficient (Wildman–Crippen LogP) is 3.35. The number of hydrogen-bond acceptors (Lipinski definition) is 5. The average Bonchev–Trinajstić information content (AvgIpc) is 2.87. The Hall–Kier alpha value is -2.02. The average molecular weight is 389 g/mol. The van der Waals surface area contributed by atoms with Crippen molar-refractivity contribution in [3.05, 3.63) is 35.7 Å². The van der Waals surface area contributed by atoms with Crippen molar-refractivity contribution in [3.8, 4) is 5.75 Å². The Bertz CT molecular complexity index is 737. The maximum Gasteiger partial charge on any atom is 0.230 e. The summed E-state index contributed by atoms with van der Waals surface area (Å²) < 4.78 is 7.15. The Kier molecular flexibility index (Phi) is 7.15. The Morgan fingerprint density at radius 1 is 1.19 bits per heavy atom. The Labute approximate surface area is 165 Å². The van der Waals surface area contributed by atoms with Gasteiger partial charge in [0.1, 0.15) is 11.6 Å². The molecule has 1 aliphatic carbocycles. The zero-order valence-electron chi connectivity index (χ0n) is 16.1. The second-order valence-electron chi connectivity index (χ2n) is 7.03. The number of nitrogens with zero attached hydrogens (tertiary/aromatic N) is 3. The molecule has 6 nitrogen and oxygen atoms in total. The van der Waals surface area contributed by atoms with Gasteiger partial charge < -0.3 is 14.6 Å². The van der Waals surface area contributed by atoms with Crippen LogP contribution in [0.2, 0.25) is 0 Å². The zero-order valence-corrected chi connectivity index (χ0v) is 16.9. The van der Waals surface area contributed by atoms with Gasteiger partial charge in [-0.1, -0.05) is 49.6 Å².